The highest BCUT2D eigenvalue weighted by Gasteiger charge is 2.03. The highest BCUT2D eigenvalue weighted by molar-refractivity contribution is 7.80. The van der Waals surface area contributed by atoms with Gasteiger partial charge in [-0.3, -0.25) is 0 Å². The van der Waals surface area contributed by atoms with Gasteiger partial charge in [-0.05, 0) is 12.2 Å². The van der Waals surface area contributed by atoms with Gasteiger partial charge in [0.1, 0.15) is 19.3 Å². The summed E-state index contributed by atoms with van der Waals surface area (Å²) in [5, 5.41) is 25.9. The quantitative estimate of drug-likeness (QED) is 0.453. The van der Waals surface area contributed by atoms with Crippen molar-refractivity contribution in [2.75, 3.05) is 33.0 Å². The molecular weight excluding hydrogens is 196 g/mol. The van der Waals surface area contributed by atoms with Gasteiger partial charge in [0.05, 0.1) is 19.8 Å². The fourth-order valence-corrected chi connectivity index (χ4v) is 0.699. The minimum atomic E-state index is -0.888. The van der Waals surface area contributed by atoms with Gasteiger partial charge in [-0.1, -0.05) is 0 Å². The lowest BCUT2D eigenvalue weighted by molar-refractivity contribution is 0.0145. The Balaban J connectivity index is 3.26. The summed E-state index contributed by atoms with van der Waals surface area (Å²) in [5.74, 6) is 0. The van der Waals surface area contributed by atoms with Gasteiger partial charge in [0.25, 0.3) is 0 Å². The average Bonchev–Trinajstić information content (AvgIpc) is 2.14. The van der Waals surface area contributed by atoms with Crippen LogP contribution in [0, 0.1) is 0 Å². The molecule has 0 saturated carbocycles. The fourth-order valence-electron chi connectivity index (χ4n) is 0.532. The van der Waals surface area contributed by atoms with Crippen LogP contribution in [-0.4, -0.2) is 59.5 Å². The Labute approximate surface area is 81.9 Å². The number of rotatable bonds is 7. The first-order chi connectivity index (χ1) is 6.20. The molecule has 0 aliphatic carbocycles. The lowest BCUT2D eigenvalue weighted by Gasteiger charge is -2.09. The maximum Gasteiger partial charge on any atom is 0.185 e. The largest absolute Gasteiger partial charge is 0.482 e. The molecule has 0 amide bonds. The van der Waals surface area contributed by atoms with E-state index in [-0.39, 0.29) is 38.1 Å². The lowest BCUT2D eigenvalue weighted by Crippen LogP contribution is -2.22. The van der Waals surface area contributed by atoms with Crippen LogP contribution in [0.3, 0.4) is 0 Å². The number of ether oxygens (including phenoxy) is 2. The van der Waals surface area contributed by atoms with Crippen LogP contribution in [0.5, 0.6) is 0 Å². The van der Waals surface area contributed by atoms with Crippen LogP contribution < -0.4 is 0 Å². The van der Waals surface area contributed by atoms with E-state index in [2.05, 4.69) is 0 Å². The van der Waals surface area contributed by atoms with Gasteiger partial charge >= 0.3 is 0 Å². The zero-order valence-corrected chi connectivity index (χ0v) is 8.00. The van der Waals surface area contributed by atoms with E-state index in [4.69, 9.17) is 37.0 Å². The van der Waals surface area contributed by atoms with Gasteiger partial charge in [-0.25, -0.2) is 0 Å². The third-order valence-corrected chi connectivity index (χ3v) is 1.33. The molecule has 0 fully saturated rings. The van der Waals surface area contributed by atoms with Crippen LogP contribution in [0.1, 0.15) is 0 Å². The molecule has 0 heterocycles. The molecule has 78 valence electrons. The second-order valence-corrected chi connectivity index (χ2v) is 2.75. The van der Waals surface area contributed by atoms with Crippen LogP contribution in [0.25, 0.3) is 0 Å². The molecule has 0 saturated heterocycles. The van der Waals surface area contributed by atoms with Crippen molar-refractivity contribution in [3.8, 4) is 0 Å². The highest BCUT2D eigenvalue weighted by Crippen LogP contribution is 1.88. The Bertz CT molecular complexity index is 141. The van der Waals surface area contributed by atoms with Crippen LogP contribution in [0.15, 0.2) is 0 Å². The third-order valence-electron chi connectivity index (χ3n) is 1.10. The van der Waals surface area contributed by atoms with E-state index in [9.17, 15) is 0 Å². The van der Waals surface area contributed by atoms with E-state index in [0.29, 0.717) is 0 Å². The smallest absolute Gasteiger partial charge is 0.185 e. The molecule has 0 spiro atoms. The zero-order valence-electron chi connectivity index (χ0n) is 7.18. The Morgan fingerprint density at radius 2 is 2.08 bits per heavy atom. The first kappa shape index (κ1) is 12.7. The maximum absolute atomic E-state index is 8.85. The van der Waals surface area contributed by atoms with Crippen molar-refractivity contribution in [1.29, 1.82) is 0 Å². The highest BCUT2D eigenvalue weighted by atomic mass is 32.1. The molecule has 13 heavy (non-hydrogen) atoms. The molecule has 1 atom stereocenters. The monoisotopic (exact) mass is 210 g/mol. The molecular formula is C7H14O5S. The molecule has 1 unspecified atom stereocenters. The average molecular weight is 210 g/mol. The van der Waals surface area contributed by atoms with Gasteiger partial charge in [0, 0.05) is 0 Å². The summed E-state index contributed by atoms with van der Waals surface area (Å²) in [6, 6.07) is 0. The molecule has 6 heteroatoms. The molecule has 5 nitrogen and oxygen atoms in total. The van der Waals surface area contributed by atoms with Gasteiger partial charge < -0.3 is 24.8 Å². The summed E-state index contributed by atoms with van der Waals surface area (Å²) in [4.78, 5) is 0. The predicted octanol–water partition coefficient (Wildman–Crippen LogP) is -1.31. The summed E-state index contributed by atoms with van der Waals surface area (Å²) in [6.45, 7) is -0.208. The summed E-state index contributed by atoms with van der Waals surface area (Å²) >= 11 is 4.71. The van der Waals surface area contributed by atoms with Gasteiger partial charge in [0.2, 0.25) is 0 Å². The van der Waals surface area contributed by atoms with E-state index >= 15 is 0 Å². The van der Waals surface area contributed by atoms with Crippen molar-refractivity contribution in [3.05, 3.63) is 0 Å². The number of aliphatic hydroxyl groups is 3. The van der Waals surface area contributed by atoms with E-state index in [1.165, 1.54) is 0 Å². The fraction of sp³-hybridized carbons (Fsp3) is 0.857. The van der Waals surface area contributed by atoms with Crippen LogP contribution in [0.4, 0.5) is 0 Å². The van der Waals surface area contributed by atoms with Gasteiger partial charge in [-0.15, -0.1) is 0 Å². The minimum Gasteiger partial charge on any atom is -0.482 e. The van der Waals surface area contributed by atoms with Crippen LogP contribution in [0.2, 0.25) is 0 Å². The Kier molecular flexibility index (Phi) is 8.16. The molecule has 0 aromatic heterocycles. The standard InChI is InChI=1S/C7H14O5S/c8-1-2-12-7(13)5-11-4-6(10)3-9/h6,8-10H,1-5H2. The van der Waals surface area contributed by atoms with Gasteiger partial charge in [0.15, 0.2) is 5.05 Å². The van der Waals surface area contributed by atoms with E-state index in [0.717, 1.165) is 0 Å². The molecule has 0 aromatic rings. The lowest BCUT2D eigenvalue weighted by atomic mass is 10.4. The summed E-state index contributed by atoms with van der Waals surface area (Å²) < 4.78 is 9.71. The normalized spacial score (nSPS) is 12.5. The van der Waals surface area contributed by atoms with Gasteiger partial charge in [-0.2, -0.15) is 0 Å². The van der Waals surface area contributed by atoms with Crippen molar-refractivity contribution in [3.63, 3.8) is 0 Å². The molecule has 0 aliphatic rings. The van der Waals surface area contributed by atoms with Crippen molar-refractivity contribution in [1.82, 2.24) is 0 Å². The number of hydrogen-bond acceptors (Lipinski definition) is 6. The van der Waals surface area contributed by atoms with E-state index in [1.54, 1.807) is 0 Å². The maximum atomic E-state index is 8.85. The first-order valence-electron chi connectivity index (χ1n) is 3.83. The van der Waals surface area contributed by atoms with E-state index < -0.39 is 6.10 Å². The second-order valence-electron chi connectivity index (χ2n) is 2.30. The second kappa shape index (κ2) is 8.33. The third kappa shape index (κ3) is 8.07. The SMILES string of the molecule is OCCOC(=S)COCC(O)CO. The molecule has 3 N–H and O–H groups in total. The number of thiocarbonyl (C=S) groups is 1. The summed E-state index contributed by atoms with van der Waals surface area (Å²) in [6.07, 6.45) is -0.888. The Morgan fingerprint density at radius 3 is 2.62 bits per heavy atom. The summed E-state index contributed by atoms with van der Waals surface area (Å²) in [5.41, 5.74) is 0. The van der Waals surface area contributed by atoms with Crippen molar-refractivity contribution >= 4 is 17.3 Å². The van der Waals surface area contributed by atoms with Crippen molar-refractivity contribution < 1.29 is 24.8 Å². The minimum absolute atomic E-state index is 0.0130. The molecule has 0 bridgehead atoms. The van der Waals surface area contributed by atoms with E-state index in [1.807, 2.05) is 0 Å². The topological polar surface area (TPSA) is 79.2 Å². The summed E-state index contributed by atoms with van der Waals surface area (Å²) in [7, 11) is 0. The van der Waals surface area contributed by atoms with Crippen molar-refractivity contribution in [2.45, 2.75) is 6.10 Å². The van der Waals surface area contributed by atoms with Crippen molar-refractivity contribution in [2.24, 2.45) is 0 Å². The predicted molar refractivity (Wildman–Crippen MR) is 49.5 cm³/mol. The Hall–Kier alpha value is -0.270. The number of aliphatic hydroxyl groups excluding tert-OH is 3. The van der Waals surface area contributed by atoms with Crippen LogP contribution in [-0.2, 0) is 9.47 Å². The number of hydrogen-bond donors (Lipinski definition) is 3. The van der Waals surface area contributed by atoms with Crippen LogP contribution >= 0.6 is 12.2 Å². The molecule has 0 aliphatic heterocycles. The molecule has 0 aromatic carbocycles. The first-order valence-corrected chi connectivity index (χ1v) is 4.24. The Morgan fingerprint density at radius 1 is 1.38 bits per heavy atom. The zero-order chi connectivity index (χ0) is 10.1. The molecule has 0 radical (unpaired) electrons. The molecule has 0 rings (SSSR count).